The predicted octanol–water partition coefficient (Wildman–Crippen LogP) is 0.741. The maximum absolute atomic E-state index is 5.70. The number of hydrogen-bond acceptors (Lipinski definition) is 3. The van der Waals surface area contributed by atoms with Crippen molar-refractivity contribution in [2.24, 2.45) is 24.6 Å². The largest absolute Gasteiger partial charge is 0.330 e. The van der Waals surface area contributed by atoms with E-state index >= 15 is 0 Å². The number of aryl methyl sites for hydroxylation is 1. The normalized spacial score (nSPS) is 13.4. The zero-order valence-corrected chi connectivity index (χ0v) is 9.90. The molecule has 0 saturated heterocycles. The summed E-state index contributed by atoms with van der Waals surface area (Å²) in [7, 11) is 1.93. The molecule has 0 aromatic carbocycles. The molecule has 4 nitrogen and oxygen atoms in total. The van der Waals surface area contributed by atoms with Crippen LogP contribution in [0.25, 0.3) is 0 Å². The van der Waals surface area contributed by atoms with E-state index in [1.165, 1.54) is 0 Å². The Morgan fingerprint density at radius 3 is 2.73 bits per heavy atom. The lowest BCUT2D eigenvalue weighted by atomic mass is 9.96. The first-order chi connectivity index (χ1) is 7.13. The molecule has 1 heterocycles. The number of nitrogens with two attached hydrogens (primary N) is 1. The SMILES string of the molecule is CC(C)C(CN)CNCc1ccn(C)n1. The molecular weight excluding hydrogens is 188 g/mol. The highest BCUT2D eigenvalue weighted by Gasteiger charge is 2.10. The molecule has 4 heteroatoms. The van der Waals surface area contributed by atoms with Crippen molar-refractivity contribution in [2.75, 3.05) is 13.1 Å². The number of nitrogens with one attached hydrogen (secondary N) is 1. The summed E-state index contributed by atoms with van der Waals surface area (Å²) in [5.74, 6) is 1.18. The number of rotatable bonds is 6. The third-order valence-corrected chi connectivity index (χ3v) is 2.73. The van der Waals surface area contributed by atoms with Crippen LogP contribution in [-0.2, 0) is 13.6 Å². The topological polar surface area (TPSA) is 55.9 Å². The molecule has 1 aromatic heterocycles. The summed E-state index contributed by atoms with van der Waals surface area (Å²) in [6.45, 7) is 6.95. The van der Waals surface area contributed by atoms with Crippen LogP contribution < -0.4 is 11.1 Å². The Kier molecular flexibility index (Phi) is 4.78. The van der Waals surface area contributed by atoms with Crippen LogP contribution >= 0.6 is 0 Å². The lowest BCUT2D eigenvalue weighted by molar-refractivity contribution is 0.369. The second-order valence-corrected chi connectivity index (χ2v) is 4.35. The molecule has 0 bridgehead atoms. The van der Waals surface area contributed by atoms with E-state index in [1.54, 1.807) is 0 Å². The molecule has 0 aliphatic carbocycles. The van der Waals surface area contributed by atoms with Crippen molar-refractivity contribution in [3.05, 3.63) is 18.0 Å². The van der Waals surface area contributed by atoms with Gasteiger partial charge in [0.05, 0.1) is 5.69 Å². The van der Waals surface area contributed by atoms with Gasteiger partial charge in [-0.15, -0.1) is 0 Å². The molecule has 0 amide bonds. The Hall–Kier alpha value is -0.870. The van der Waals surface area contributed by atoms with Crippen molar-refractivity contribution in [3.8, 4) is 0 Å². The van der Waals surface area contributed by atoms with E-state index in [1.807, 2.05) is 24.0 Å². The maximum atomic E-state index is 5.70. The Bertz CT molecular complexity index is 280. The molecule has 1 unspecified atom stereocenters. The summed E-state index contributed by atoms with van der Waals surface area (Å²) in [5, 5.41) is 7.69. The molecule has 86 valence electrons. The number of hydrogen-bond donors (Lipinski definition) is 2. The van der Waals surface area contributed by atoms with E-state index in [-0.39, 0.29) is 0 Å². The van der Waals surface area contributed by atoms with Gasteiger partial charge in [-0.1, -0.05) is 13.8 Å². The first-order valence-electron chi connectivity index (χ1n) is 5.52. The quantitative estimate of drug-likeness (QED) is 0.728. The minimum Gasteiger partial charge on any atom is -0.330 e. The molecule has 0 aliphatic heterocycles. The monoisotopic (exact) mass is 210 g/mol. The first kappa shape index (κ1) is 12.2. The summed E-state index contributed by atoms with van der Waals surface area (Å²) in [4.78, 5) is 0. The zero-order chi connectivity index (χ0) is 11.3. The third kappa shape index (κ3) is 4.01. The van der Waals surface area contributed by atoms with Crippen LogP contribution in [0, 0.1) is 11.8 Å². The van der Waals surface area contributed by atoms with Gasteiger partial charge in [0.2, 0.25) is 0 Å². The molecular formula is C11H22N4. The zero-order valence-electron chi connectivity index (χ0n) is 9.90. The Labute approximate surface area is 91.8 Å². The highest BCUT2D eigenvalue weighted by atomic mass is 15.3. The van der Waals surface area contributed by atoms with Crippen molar-refractivity contribution in [1.82, 2.24) is 15.1 Å². The second-order valence-electron chi connectivity index (χ2n) is 4.35. The molecule has 3 N–H and O–H groups in total. The van der Waals surface area contributed by atoms with Crippen molar-refractivity contribution in [1.29, 1.82) is 0 Å². The fourth-order valence-corrected chi connectivity index (χ4v) is 1.53. The first-order valence-corrected chi connectivity index (χ1v) is 5.52. The van der Waals surface area contributed by atoms with Gasteiger partial charge in [0.1, 0.15) is 0 Å². The lowest BCUT2D eigenvalue weighted by Crippen LogP contribution is -2.31. The lowest BCUT2D eigenvalue weighted by Gasteiger charge is -2.18. The van der Waals surface area contributed by atoms with Crippen LogP contribution in [-0.4, -0.2) is 22.9 Å². The molecule has 0 spiro atoms. The van der Waals surface area contributed by atoms with E-state index in [2.05, 4.69) is 24.3 Å². The third-order valence-electron chi connectivity index (χ3n) is 2.73. The summed E-state index contributed by atoms with van der Waals surface area (Å²) in [6.07, 6.45) is 1.96. The molecule has 0 saturated carbocycles. The van der Waals surface area contributed by atoms with Gasteiger partial charge in [-0.3, -0.25) is 4.68 Å². The summed E-state index contributed by atoms with van der Waals surface area (Å²) >= 11 is 0. The molecule has 1 atom stereocenters. The van der Waals surface area contributed by atoms with E-state index in [9.17, 15) is 0 Å². The van der Waals surface area contributed by atoms with E-state index in [0.29, 0.717) is 11.8 Å². The second kappa shape index (κ2) is 5.88. The van der Waals surface area contributed by atoms with Crippen LogP contribution in [0.5, 0.6) is 0 Å². The summed E-state index contributed by atoms with van der Waals surface area (Å²) < 4.78 is 1.82. The van der Waals surface area contributed by atoms with Crippen LogP contribution in [0.1, 0.15) is 19.5 Å². The van der Waals surface area contributed by atoms with Crippen LogP contribution in [0.2, 0.25) is 0 Å². The van der Waals surface area contributed by atoms with Gasteiger partial charge in [0.15, 0.2) is 0 Å². The van der Waals surface area contributed by atoms with Crippen molar-refractivity contribution in [3.63, 3.8) is 0 Å². The fourth-order valence-electron chi connectivity index (χ4n) is 1.53. The molecule has 0 fully saturated rings. The minimum atomic E-state index is 0.550. The van der Waals surface area contributed by atoms with Crippen LogP contribution in [0.3, 0.4) is 0 Å². The van der Waals surface area contributed by atoms with Crippen LogP contribution in [0.15, 0.2) is 12.3 Å². The summed E-state index contributed by atoms with van der Waals surface area (Å²) in [5.41, 5.74) is 6.78. The Balaban J connectivity index is 2.26. The Morgan fingerprint density at radius 2 is 2.27 bits per heavy atom. The van der Waals surface area contributed by atoms with Gasteiger partial charge in [0.25, 0.3) is 0 Å². The fraction of sp³-hybridized carbons (Fsp3) is 0.727. The highest BCUT2D eigenvalue weighted by molar-refractivity contribution is 4.97. The van der Waals surface area contributed by atoms with Gasteiger partial charge >= 0.3 is 0 Å². The van der Waals surface area contributed by atoms with Gasteiger partial charge in [-0.2, -0.15) is 5.10 Å². The van der Waals surface area contributed by atoms with Gasteiger partial charge in [-0.05, 0) is 31.0 Å². The minimum absolute atomic E-state index is 0.550. The van der Waals surface area contributed by atoms with E-state index in [4.69, 9.17) is 5.73 Å². The highest BCUT2D eigenvalue weighted by Crippen LogP contribution is 2.07. The smallest absolute Gasteiger partial charge is 0.0762 e. The van der Waals surface area contributed by atoms with Crippen LogP contribution in [0.4, 0.5) is 0 Å². The average Bonchev–Trinajstić information content (AvgIpc) is 2.58. The molecule has 1 aromatic rings. The van der Waals surface area contributed by atoms with Gasteiger partial charge in [0, 0.05) is 19.8 Å². The van der Waals surface area contributed by atoms with E-state index in [0.717, 1.165) is 25.3 Å². The van der Waals surface area contributed by atoms with Crippen molar-refractivity contribution < 1.29 is 0 Å². The number of aromatic nitrogens is 2. The predicted molar refractivity (Wildman–Crippen MR) is 62.3 cm³/mol. The number of nitrogens with zero attached hydrogens (tertiary/aromatic N) is 2. The van der Waals surface area contributed by atoms with Gasteiger partial charge < -0.3 is 11.1 Å². The molecule has 0 aliphatic rings. The van der Waals surface area contributed by atoms with Crippen molar-refractivity contribution >= 4 is 0 Å². The maximum Gasteiger partial charge on any atom is 0.0762 e. The molecule has 0 radical (unpaired) electrons. The van der Waals surface area contributed by atoms with Crippen molar-refractivity contribution in [2.45, 2.75) is 20.4 Å². The average molecular weight is 210 g/mol. The van der Waals surface area contributed by atoms with Gasteiger partial charge in [-0.25, -0.2) is 0 Å². The molecule has 15 heavy (non-hydrogen) atoms. The standard InChI is InChI=1S/C11H22N4/c1-9(2)10(6-12)7-13-8-11-4-5-15(3)14-11/h4-5,9-10,13H,6-8,12H2,1-3H3. The molecule has 1 rings (SSSR count). The summed E-state index contributed by atoms with van der Waals surface area (Å²) in [6, 6.07) is 2.03. The Morgan fingerprint density at radius 1 is 1.53 bits per heavy atom. The van der Waals surface area contributed by atoms with E-state index < -0.39 is 0 Å².